The lowest BCUT2D eigenvalue weighted by Gasteiger charge is -2.10. The van der Waals surface area contributed by atoms with Gasteiger partial charge in [0.2, 0.25) is 0 Å². The van der Waals surface area contributed by atoms with Crippen molar-refractivity contribution in [2.45, 2.75) is 33.0 Å². The molecule has 1 aromatic heterocycles. The molecule has 0 fully saturated rings. The van der Waals surface area contributed by atoms with Gasteiger partial charge in [-0.1, -0.05) is 31.2 Å². The van der Waals surface area contributed by atoms with E-state index in [9.17, 15) is 0 Å². The minimum Gasteiger partial charge on any atom is -0.380 e. The summed E-state index contributed by atoms with van der Waals surface area (Å²) in [6, 6.07) is 10.7. The fourth-order valence-corrected chi connectivity index (χ4v) is 3.12. The average molecular weight is 275 g/mol. The van der Waals surface area contributed by atoms with Crippen molar-refractivity contribution < 1.29 is 4.74 Å². The fourth-order valence-electron chi connectivity index (χ4n) is 2.17. The molecule has 0 aliphatic rings. The van der Waals surface area contributed by atoms with E-state index >= 15 is 0 Å². The molecule has 2 aromatic rings. The van der Waals surface area contributed by atoms with E-state index in [1.165, 1.54) is 21.6 Å². The highest BCUT2D eigenvalue weighted by Gasteiger charge is 2.04. The third kappa shape index (κ3) is 3.90. The van der Waals surface area contributed by atoms with Gasteiger partial charge < -0.3 is 10.1 Å². The molecule has 1 aromatic carbocycles. The van der Waals surface area contributed by atoms with Crippen LogP contribution in [0.15, 0.2) is 35.7 Å². The van der Waals surface area contributed by atoms with Crippen LogP contribution in [-0.2, 0) is 30.9 Å². The number of thiophene rings is 1. The molecule has 0 radical (unpaired) electrons. The van der Waals surface area contributed by atoms with Crippen LogP contribution >= 0.6 is 11.3 Å². The lowest BCUT2D eigenvalue weighted by molar-refractivity contribution is 0.184. The zero-order valence-corrected chi connectivity index (χ0v) is 12.4. The van der Waals surface area contributed by atoms with Crippen LogP contribution in [0.5, 0.6) is 0 Å². The molecule has 0 bridgehead atoms. The van der Waals surface area contributed by atoms with E-state index in [-0.39, 0.29) is 0 Å². The van der Waals surface area contributed by atoms with Crippen LogP contribution in [0.25, 0.3) is 0 Å². The van der Waals surface area contributed by atoms with Crippen LogP contribution in [-0.4, -0.2) is 7.11 Å². The smallest absolute Gasteiger partial charge is 0.0716 e. The van der Waals surface area contributed by atoms with Crippen molar-refractivity contribution in [3.63, 3.8) is 0 Å². The van der Waals surface area contributed by atoms with Crippen LogP contribution in [0.4, 0.5) is 0 Å². The predicted octanol–water partition coefficient (Wildman–Crippen LogP) is 3.75. The summed E-state index contributed by atoms with van der Waals surface area (Å²) in [4.78, 5) is 1.45. The Labute approximate surface area is 119 Å². The topological polar surface area (TPSA) is 21.3 Å². The number of nitrogens with one attached hydrogen (secondary N) is 1. The first-order valence-corrected chi connectivity index (χ1v) is 7.54. The Morgan fingerprint density at radius 1 is 1.05 bits per heavy atom. The van der Waals surface area contributed by atoms with Gasteiger partial charge in [0, 0.05) is 25.1 Å². The predicted molar refractivity (Wildman–Crippen MR) is 81.4 cm³/mol. The lowest BCUT2D eigenvalue weighted by Crippen LogP contribution is -2.14. The summed E-state index contributed by atoms with van der Waals surface area (Å²) in [5.41, 5.74) is 4.04. The van der Waals surface area contributed by atoms with Gasteiger partial charge >= 0.3 is 0 Å². The maximum atomic E-state index is 5.23. The summed E-state index contributed by atoms with van der Waals surface area (Å²) < 4.78 is 5.23. The minimum atomic E-state index is 0.678. The van der Waals surface area contributed by atoms with E-state index in [4.69, 9.17) is 4.74 Å². The van der Waals surface area contributed by atoms with Crippen molar-refractivity contribution in [2.75, 3.05) is 7.11 Å². The molecule has 1 N–H and O–H groups in total. The highest BCUT2D eigenvalue weighted by molar-refractivity contribution is 7.10. The molecule has 0 aliphatic heterocycles. The number of hydrogen-bond donors (Lipinski definition) is 1. The zero-order chi connectivity index (χ0) is 13.5. The van der Waals surface area contributed by atoms with Crippen molar-refractivity contribution in [3.8, 4) is 0 Å². The van der Waals surface area contributed by atoms with Gasteiger partial charge in [-0.2, -0.15) is 0 Å². The molecule has 0 unspecified atom stereocenters. The highest BCUT2D eigenvalue weighted by atomic mass is 32.1. The molecule has 19 heavy (non-hydrogen) atoms. The first-order chi connectivity index (χ1) is 9.35. The summed E-state index contributed by atoms with van der Waals surface area (Å²) in [7, 11) is 1.74. The molecule has 0 saturated heterocycles. The Bertz CT molecular complexity index is 507. The van der Waals surface area contributed by atoms with Crippen LogP contribution in [0.1, 0.15) is 28.5 Å². The van der Waals surface area contributed by atoms with Crippen LogP contribution in [0.3, 0.4) is 0 Å². The molecule has 2 nitrogen and oxygen atoms in total. The van der Waals surface area contributed by atoms with Gasteiger partial charge in [-0.05, 0) is 34.6 Å². The van der Waals surface area contributed by atoms with Crippen molar-refractivity contribution in [1.82, 2.24) is 5.32 Å². The van der Waals surface area contributed by atoms with E-state index in [1.54, 1.807) is 7.11 Å². The second kappa shape index (κ2) is 7.43. The Morgan fingerprint density at radius 3 is 2.58 bits per heavy atom. The largest absolute Gasteiger partial charge is 0.380 e. The summed E-state index contributed by atoms with van der Waals surface area (Å²) >= 11 is 1.84. The Morgan fingerprint density at radius 2 is 1.84 bits per heavy atom. The molecule has 0 spiro atoms. The van der Waals surface area contributed by atoms with Crippen molar-refractivity contribution >= 4 is 11.3 Å². The van der Waals surface area contributed by atoms with E-state index in [0.717, 1.165) is 19.5 Å². The molecular weight excluding hydrogens is 254 g/mol. The molecular formula is C16H21NOS. The van der Waals surface area contributed by atoms with Gasteiger partial charge in [-0.25, -0.2) is 0 Å². The maximum Gasteiger partial charge on any atom is 0.0716 e. The Balaban J connectivity index is 1.92. The molecule has 0 saturated carbocycles. The summed E-state index contributed by atoms with van der Waals surface area (Å²) in [5.74, 6) is 0. The molecule has 3 heteroatoms. The lowest BCUT2D eigenvalue weighted by atomic mass is 10.1. The first kappa shape index (κ1) is 14.3. The standard InChI is InChI=1S/C16H21NOS/c1-3-13-8-9-19-16(13)11-17-10-14-6-4-5-7-15(14)12-18-2/h4-9,17H,3,10-12H2,1-2H3. The van der Waals surface area contributed by atoms with Crippen LogP contribution < -0.4 is 5.32 Å². The highest BCUT2D eigenvalue weighted by Crippen LogP contribution is 2.17. The summed E-state index contributed by atoms with van der Waals surface area (Å²) in [5, 5.41) is 5.71. The Hall–Kier alpha value is -1.16. The van der Waals surface area contributed by atoms with Crippen LogP contribution in [0, 0.1) is 0 Å². The van der Waals surface area contributed by atoms with E-state index in [1.807, 2.05) is 11.3 Å². The number of hydrogen-bond acceptors (Lipinski definition) is 3. The molecule has 0 aliphatic carbocycles. The number of aryl methyl sites for hydroxylation is 1. The first-order valence-electron chi connectivity index (χ1n) is 6.66. The molecule has 1 heterocycles. The molecule has 0 amide bonds. The van der Waals surface area contributed by atoms with Gasteiger partial charge in [0.1, 0.15) is 0 Å². The number of methoxy groups -OCH3 is 1. The maximum absolute atomic E-state index is 5.23. The van der Waals surface area contributed by atoms with E-state index in [2.05, 4.69) is 48.0 Å². The third-order valence-corrected chi connectivity index (χ3v) is 4.20. The normalized spacial score (nSPS) is 10.8. The molecule has 102 valence electrons. The van der Waals surface area contributed by atoms with Crippen molar-refractivity contribution in [1.29, 1.82) is 0 Å². The SMILES string of the molecule is CCc1ccsc1CNCc1ccccc1COC. The summed E-state index contributed by atoms with van der Waals surface area (Å²) in [6.45, 7) is 4.72. The second-order valence-electron chi connectivity index (χ2n) is 4.53. The number of rotatable bonds is 7. The number of ether oxygens (including phenoxy) is 1. The Kier molecular flexibility index (Phi) is 5.58. The van der Waals surface area contributed by atoms with Gasteiger partial charge in [-0.3, -0.25) is 0 Å². The average Bonchev–Trinajstić information content (AvgIpc) is 2.88. The van der Waals surface area contributed by atoms with E-state index < -0.39 is 0 Å². The minimum absolute atomic E-state index is 0.678. The van der Waals surface area contributed by atoms with Gasteiger partial charge in [-0.15, -0.1) is 11.3 Å². The molecule has 0 atom stereocenters. The fraction of sp³-hybridized carbons (Fsp3) is 0.375. The van der Waals surface area contributed by atoms with Crippen molar-refractivity contribution in [2.24, 2.45) is 0 Å². The quantitative estimate of drug-likeness (QED) is 0.831. The zero-order valence-electron chi connectivity index (χ0n) is 11.6. The monoisotopic (exact) mass is 275 g/mol. The third-order valence-electron chi connectivity index (χ3n) is 3.24. The number of benzene rings is 1. The summed E-state index contributed by atoms with van der Waals surface area (Å²) in [6.07, 6.45) is 1.11. The van der Waals surface area contributed by atoms with Crippen LogP contribution in [0.2, 0.25) is 0 Å². The molecule has 2 rings (SSSR count). The second-order valence-corrected chi connectivity index (χ2v) is 5.53. The van der Waals surface area contributed by atoms with Gasteiger partial charge in [0.15, 0.2) is 0 Å². The van der Waals surface area contributed by atoms with Gasteiger partial charge in [0.05, 0.1) is 6.61 Å². The van der Waals surface area contributed by atoms with Gasteiger partial charge in [0.25, 0.3) is 0 Å². The van der Waals surface area contributed by atoms with Crippen molar-refractivity contribution in [3.05, 3.63) is 57.3 Å². The van der Waals surface area contributed by atoms with E-state index in [0.29, 0.717) is 6.61 Å².